The van der Waals surface area contributed by atoms with Crippen LogP contribution in [0.1, 0.15) is 132 Å². The largest absolute Gasteiger partial charge is 0.0767 e. The lowest BCUT2D eigenvalue weighted by molar-refractivity contribution is 0.212. The minimum absolute atomic E-state index is 0.340. The van der Waals surface area contributed by atoms with E-state index in [0.29, 0.717) is 23.2 Å². The maximum atomic E-state index is 2.32. The first-order valence-corrected chi connectivity index (χ1v) is 13.0. The molecule has 0 bridgehead atoms. The highest BCUT2D eigenvalue weighted by Gasteiger charge is 2.21. The smallest absolute Gasteiger partial charge is 0.0168 e. The van der Waals surface area contributed by atoms with Gasteiger partial charge in [0, 0.05) is 0 Å². The molecule has 0 heterocycles. The Hall–Kier alpha value is -0.520. The van der Waals surface area contributed by atoms with Crippen molar-refractivity contribution in [2.24, 2.45) is 46.8 Å². The second kappa shape index (κ2) is 16.1. The Bertz CT molecular complexity index is 476. The van der Waals surface area contributed by atoms with Gasteiger partial charge in [0.25, 0.3) is 0 Å². The fraction of sp³-hybridized carbons (Fsp3) is 0.871. The predicted octanol–water partition coefficient (Wildman–Crippen LogP) is 11.2. The van der Waals surface area contributed by atoms with Crippen LogP contribution in [-0.2, 0) is 0 Å². The van der Waals surface area contributed by atoms with Gasteiger partial charge in [0.15, 0.2) is 0 Å². The summed E-state index contributed by atoms with van der Waals surface area (Å²) in [5.74, 6) is 5.50. The molecule has 188 valence electrons. The monoisotopic (exact) mass is 437 g/mol. The number of hydrogen-bond acceptors (Lipinski definition) is 0. The third kappa shape index (κ3) is 15.8. The van der Waals surface area contributed by atoms with Crippen molar-refractivity contribution in [3.8, 4) is 0 Å². The highest BCUT2D eigenvalue weighted by Crippen LogP contribution is 2.33. The van der Waals surface area contributed by atoms with E-state index in [4.69, 9.17) is 0 Å². The van der Waals surface area contributed by atoms with Gasteiger partial charge in [-0.3, -0.25) is 0 Å². The molecule has 0 aromatic carbocycles. The first kappa shape index (κ1) is 35.1. The maximum absolute atomic E-state index is 2.32. The van der Waals surface area contributed by atoms with Crippen molar-refractivity contribution in [1.82, 2.24) is 0 Å². The molecule has 0 amide bonds. The van der Waals surface area contributed by atoms with E-state index in [1.54, 1.807) is 11.1 Å². The standard InChI is InChI=1S/C11H22.C10H22.C10H20/c1-8(2)10(9(3)4)11(5,6)7;2*1-7(2)10(8(3)4)9(5)6/h8H,1-7H3;7-10H,1-6H3;7-8H,1-6H3. The van der Waals surface area contributed by atoms with Crippen LogP contribution >= 0.6 is 0 Å². The molecule has 0 aliphatic rings. The van der Waals surface area contributed by atoms with Crippen molar-refractivity contribution in [1.29, 1.82) is 0 Å². The van der Waals surface area contributed by atoms with Crippen molar-refractivity contribution in [3.05, 3.63) is 22.3 Å². The van der Waals surface area contributed by atoms with Crippen LogP contribution < -0.4 is 0 Å². The zero-order chi connectivity index (χ0) is 25.9. The Balaban J connectivity index is -0.000000380. The van der Waals surface area contributed by atoms with E-state index in [1.165, 1.54) is 11.1 Å². The predicted molar refractivity (Wildman–Crippen MR) is 149 cm³/mol. The van der Waals surface area contributed by atoms with Crippen molar-refractivity contribution in [2.45, 2.75) is 132 Å². The highest BCUT2D eigenvalue weighted by molar-refractivity contribution is 5.18. The van der Waals surface area contributed by atoms with Gasteiger partial charge in [0.1, 0.15) is 0 Å². The number of rotatable bonds is 6. The van der Waals surface area contributed by atoms with Crippen LogP contribution in [0.5, 0.6) is 0 Å². The van der Waals surface area contributed by atoms with Gasteiger partial charge in [-0.25, -0.2) is 0 Å². The molecule has 0 saturated heterocycles. The normalized spacial score (nSPS) is 11.8. The molecular formula is C31H64. The van der Waals surface area contributed by atoms with E-state index >= 15 is 0 Å². The average Bonchev–Trinajstić information content (AvgIpc) is 2.42. The lowest BCUT2D eigenvalue weighted by Gasteiger charge is -2.28. The molecule has 0 aliphatic carbocycles. The zero-order valence-corrected chi connectivity index (χ0v) is 25.5. The molecule has 0 atom stereocenters. The van der Waals surface area contributed by atoms with Crippen molar-refractivity contribution in [3.63, 3.8) is 0 Å². The first-order valence-electron chi connectivity index (χ1n) is 13.0. The topological polar surface area (TPSA) is 0 Å². The van der Waals surface area contributed by atoms with Gasteiger partial charge in [-0.2, -0.15) is 0 Å². The van der Waals surface area contributed by atoms with Gasteiger partial charge in [0.2, 0.25) is 0 Å². The Labute approximate surface area is 200 Å². The van der Waals surface area contributed by atoms with E-state index in [0.717, 1.165) is 23.7 Å². The molecule has 0 N–H and O–H groups in total. The molecule has 0 heteroatoms. The highest BCUT2D eigenvalue weighted by atomic mass is 14.3. The molecule has 0 aromatic heterocycles. The Morgan fingerprint density at radius 3 is 0.742 bits per heavy atom. The Morgan fingerprint density at radius 1 is 0.452 bits per heavy atom. The summed E-state index contributed by atoms with van der Waals surface area (Å²) in [6.45, 7) is 43.2. The van der Waals surface area contributed by atoms with E-state index in [1.807, 2.05) is 0 Å². The molecule has 0 fully saturated rings. The third-order valence-corrected chi connectivity index (χ3v) is 6.05. The molecule has 0 aromatic rings. The van der Waals surface area contributed by atoms with Crippen molar-refractivity contribution >= 4 is 0 Å². The van der Waals surface area contributed by atoms with E-state index < -0.39 is 0 Å². The van der Waals surface area contributed by atoms with Gasteiger partial charge in [-0.05, 0) is 74.5 Å². The average molecular weight is 437 g/mol. The summed E-state index contributed by atoms with van der Waals surface area (Å²) in [6.07, 6.45) is 0. The summed E-state index contributed by atoms with van der Waals surface area (Å²) < 4.78 is 0. The molecule has 0 spiro atoms. The second-order valence-electron chi connectivity index (χ2n) is 12.9. The van der Waals surface area contributed by atoms with Gasteiger partial charge < -0.3 is 0 Å². The van der Waals surface area contributed by atoms with E-state index in [2.05, 4.69) is 132 Å². The lowest BCUT2D eigenvalue weighted by Crippen LogP contribution is -2.21. The minimum atomic E-state index is 0.340. The van der Waals surface area contributed by atoms with E-state index in [-0.39, 0.29) is 0 Å². The molecule has 0 nitrogen and oxygen atoms in total. The number of allylic oxidation sites excluding steroid dienone is 4. The quantitative estimate of drug-likeness (QED) is 0.363. The summed E-state index contributed by atoms with van der Waals surface area (Å²) >= 11 is 0. The SMILES string of the molecule is CC(C)=C(C(C)C)C(C)(C)C.CC(C)=C(C(C)C)C(C)C.CC(C)C(C(C)C)C(C)C. The third-order valence-electron chi connectivity index (χ3n) is 6.05. The van der Waals surface area contributed by atoms with Crippen LogP contribution in [0.25, 0.3) is 0 Å². The maximum Gasteiger partial charge on any atom is -0.0168 e. The zero-order valence-electron chi connectivity index (χ0n) is 25.5. The molecule has 0 aliphatic heterocycles. The Morgan fingerprint density at radius 2 is 0.742 bits per heavy atom. The molecular weight excluding hydrogens is 372 g/mol. The minimum Gasteiger partial charge on any atom is -0.0767 e. The van der Waals surface area contributed by atoms with Gasteiger partial charge in [-0.1, -0.05) is 126 Å². The van der Waals surface area contributed by atoms with Gasteiger partial charge >= 0.3 is 0 Å². The lowest BCUT2D eigenvalue weighted by atomic mass is 9.78. The first-order chi connectivity index (χ1) is 13.7. The van der Waals surface area contributed by atoms with Crippen LogP contribution in [0.3, 0.4) is 0 Å². The molecule has 0 saturated carbocycles. The van der Waals surface area contributed by atoms with Crippen molar-refractivity contribution in [2.75, 3.05) is 0 Å². The Kier molecular flexibility index (Phi) is 18.3. The molecule has 0 radical (unpaired) electrons. The molecule has 0 rings (SSSR count). The summed E-state index contributed by atoms with van der Waals surface area (Å²) in [5, 5.41) is 0. The van der Waals surface area contributed by atoms with Crippen LogP contribution in [0, 0.1) is 46.8 Å². The van der Waals surface area contributed by atoms with Gasteiger partial charge in [0.05, 0.1) is 0 Å². The second-order valence-corrected chi connectivity index (χ2v) is 12.9. The van der Waals surface area contributed by atoms with Crippen LogP contribution in [0.2, 0.25) is 0 Å². The fourth-order valence-corrected chi connectivity index (χ4v) is 6.32. The molecule has 31 heavy (non-hydrogen) atoms. The summed E-state index contributed by atoms with van der Waals surface area (Å²) in [4.78, 5) is 0. The summed E-state index contributed by atoms with van der Waals surface area (Å²) in [6, 6.07) is 0. The van der Waals surface area contributed by atoms with Gasteiger partial charge in [-0.15, -0.1) is 0 Å². The van der Waals surface area contributed by atoms with Crippen LogP contribution in [-0.4, -0.2) is 0 Å². The summed E-state index contributed by atoms with van der Waals surface area (Å²) in [5.41, 5.74) is 6.52. The molecule has 0 unspecified atom stereocenters. The van der Waals surface area contributed by atoms with Crippen LogP contribution in [0.15, 0.2) is 22.3 Å². The van der Waals surface area contributed by atoms with Crippen molar-refractivity contribution < 1.29 is 0 Å². The van der Waals surface area contributed by atoms with E-state index in [9.17, 15) is 0 Å². The summed E-state index contributed by atoms with van der Waals surface area (Å²) in [7, 11) is 0. The van der Waals surface area contributed by atoms with Crippen LogP contribution in [0.4, 0.5) is 0 Å². The number of hydrogen-bond donors (Lipinski definition) is 0. The fourth-order valence-electron chi connectivity index (χ4n) is 6.32.